The average Bonchev–Trinajstić information content (AvgIpc) is 3.22. The third-order valence-electron chi connectivity index (χ3n) is 6.16. The number of aromatic nitrogens is 4. The number of likely N-dealkylation sites (tertiary alicyclic amines) is 1. The molecule has 32 heavy (non-hydrogen) atoms. The lowest BCUT2D eigenvalue weighted by Gasteiger charge is -2.34. The zero-order chi connectivity index (χ0) is 22.1. The van der Waals surface area contributed by atoms with Gasteiger partial charge in [-0.05, 0) is 50.3 Å². The van der Waals surface area contributed by atoms with Crippen LogP contribution < -0.4 is 5.32 Å². The molecule has 0 aromatic carbocycles. The highest BCUT2D eigenvalue weighted by molar-refractivity contribution is 6.32. The predicted octanol–water partition coefficient (Wildman–Crippen LogP) is 4.42. The minimum absolute atomic E-state index is 0.107. The maximum absolute atomic E-state index is 12.3. The van der Waals surface area contributed by atoms with Crippen LogP contribution in [0.4, 0.5) is 16.3 Å². The zero-order valence-corrected chi connectivity index (χ0v) is 18.1. The number of anilines is 2. The molecule has 0 unspecified atom stereocenters. The number of nitrogens with zero attached hydrogens (tertiary/aromatic N) is 6. The molecular formula is C22H22ClN7O2. The van der Waals surface area contributed by atoms with Gasteiger partial charge in [-0.3, -0.25) is 0 Å². The van der Waals surface area contributed by atoms with Gasteiger partial charge in [0.15, 0.2) is 5.15 Å². The highest BCUT2D eigenvalue weighted by Crippen LogP contribution is 2.32. The third kappa shape index (κ3) is 3.94. The Labute approximate surface area is 190 Å². The Hall–Kier alpha value is -3.38. The van der Waals surface area contributed by atoms with Crippen molar-refractivity contribution in [2.45, 2.75) is 44.2 Å². The normalized spacial score (nSPS) is 17.1. The van der Waals surface area contributed by atoms with Gasteiger partial charge in [-0.1, -0.05) is 11.6 Å². The summed E-state index contributed by atoms with van der Waals surface area (Å²) in [6.07, 6.45) is 8.22. The maximum Gasteiger partial charge on any atom is 0.410 e. The van der Waals surface area contributed by atoms with E-state index < -0.39 is 0 Å². The highest BCUT2D eigenvalue weighted by atomic mass is 35.5. The van der Waals surface area contributed by atoms with Crippen LogP contribution in [0.3, 0.4) is 0 Å². The molecule has 1 saturated carbocycles. The summed E-state index contributed by atoms with van der Waals surface area (Å²) in [5.74, 6) is 0.615. The minimum Gasteiger partial charge on any atom is -0.446 e. The number of pyridine rings is 1. The van der Waals surface area contributed by atoms with Gasteiger partial charge in [0.1, 0.15) is 35.7 Å². The number of hydrogen-bond donors (Lipinski definition) is 1. The van der Waals surface area contributed by atoms with Crippen LogP contribution in [0.5, 0.6) is 0 Å². The lowest BCUT2D eigenvalue weighted by Crippen LogP contribution is -2.41. The molecule has 1 N–H and O–H groups in total. The van der Waals surface area contributed by atoms with Crippen LogP contribution in [0.2, 0.25) is 5.15 Å². The van der Waals surface area contributed by atoms with Gasteiger partial charge in [0, 0.05) is 25.3 Å². The van der Waals surface area contributed by atoms with Gasteiger partial charge >= 0.3 is 6.09 Å². The van der Waals surface area contributed by atoms with E-state index in [4.69, 9.17) is 21.6 Å². The second-order valence-electron chi connectivity index (χ2n) is 8.11. The van der Waals surface area contributed by atoms with Gasteiger partial charge in [-0.15, -0.1) is 0 Å². The predicted molar refractivity (Wildman–Crippen MR) is 119 cm³/mol. The minimum atomic E-state index is -0.188. The van der Waals surface area contributed by atoms with Crippen molar-refractivity contribution in [2.75, 3.05) is 18.4 Å². The first-order chi connectivity index (χ1) is 15.6. The lowest BCUT2D eigenvalue weighted by molar-refractivity contribution is 0.0211. The van der Waals surface area contributed by atoms with Crippen molar-refractivity contribution in [1.82, 2.24) is 24.4 Å². The summed E-state index contributed by atoms with van der Waals surface area (Å²) in [7, 11) is 0. The summed E-state index contributed by atoms with van der Waals surface area (Å²) >= 11 is 6.20. The molecule has 164 valence electrons. The van der Waals surface area contributed by atoms with E-state index in [0.29, 0.717) is 24.6 Å². The molecule has 4 heterocycles. The van der Waals surface area contributed by atoms with Crippen molar-refractivity contribution in [2.24, 2.45) is 0 Å². The average molecular weight is 452 g/mol. The summed E-state index contributed by atoms with van der Waals surface area (Å²) in [5.41, 5.74) is 1.63. The molecule has 5 rings (SSSR count). The van der Waals surface area contributed by atoms with E-state index in [1.807, 2.05) is 23.2 Å². The van der Waals surface area contributed by atoms with Crippen molar-refractivity contribution in [3.8, 4) is 6.07 Å². The zero-order valence-electron chi connectivity index (χ0n) is 17.4. The summed E-state index contributed by atoms with van der Waals surface area (Å²) < 4.78 is 7.68. The smallest absolute Gasteiger partial charge is 0.410 e. The largest absolute Gasteiger partial charge is 0.446 e. The fourth-order valence-electron chi connectivity index (χ4n) is 4.11. The second-order valence-corrected chi connectivity index (χ2v) is 8.47. The Morgan fingerprint density at radius 3 is 2.69 bits per heavy atom. The number of piperidine rings is 1. The van der Waals surface area contributed by atoms with Crippen LogP contribution in [0.15, 0.2) is 30.7 Å². The van der Waals surface area contributed by atoms with Gasteiger partial charge in [0.2, 0.25) is 0 Å². The molecular weight excluding hydrogens is 430 g/mol. The van der Waals surface area contributed by atoms with Crippen molar-refractivity contribution < 1.29 is 9.53 Å². The lowest BCUT2D eigenvalue weighted by atomic mass is 9.96. The van der Waals surface area contributed by atoms with Crippen LogP contribution in [-0.4, -0.2) is 49.7 Å². The Bertz CT molecular complexity index is 1190. The van der Waals surface area contributed by atoms with Gasteiger partial charge in [0.05, 0.1) is 11.1 Å². The number of carbonyl (C=O) groups is 1. The van der Waals surface area contributed by atoms with Gasteiger partial charge in [0.25, 0.3) is 0 Å². The van der Waals surface area contributed by atoms with Crippen LogP contribution in [-0.2, 0) is 4.74 Å². The molecule has 3 aromatic heterocycles. The number of ether oxygens (including phenoxy) is 1. The third-order valence-corrected chi connectivity index (χ3v) is 6.45. The Morgan fingerprint density at radius 1 is 1.19 bits per heavy atom. The van der Waals surface area contributed by atoms with E-state index in [9.17, 15) is 4.79 Å². The molecule has 1 saturated heterocycles. The van der Waals surface area contributed by atoms with E-state index in [2.05, 4.69) is 24.8 Å². The standard InChI is InChI=1S/C22H22ClN7O2/c23-19-18(5-4-14(12-24)27-19)28-20-17-8-11-30(21(17)26-13-25-20)15-6-9-29(10-7-15)22(31)32-16-2-1-3-16/h4-5,8,11,13,15-16H,1-3,6-7,9-10H2,(H,25,26,28). The molecule has 2 aliphatic rings. The molecule has 0 spiro atoms. The number of rotatable bonds is 4. The van der Waals surface area contributed by atoms with Crippen LogP contribution in [0.25, 0.3) is 11.0 Å². The molecule has 0 bridgehead atoms. The number of halogens is 1. The highest BCUT2D eigenvalue weighted by Gasteiger charge is 2.29. The number of nitriles is 1. The van der Waals surface area contributed by atoms with Crippen molar-refractivity contribution in [3.05, 3.63) is 41.6 Å². The van der Waals surface area contributed by atoms with Gasteiger partial charge in [-0.2, -0.15) is 5.26 Å². The van der Waals surface area contributed by atoms with Crippen molar-refractivity contribution in [3.63, 3.8) is 0 Å². The molecule has 9 nitrogen and oxygen atoms in total. The van der Waals surface area contributed by atoms with Crippen LogP contribution in [0.1, 0.15) is 43.8 Å². The van der Waals surface area contributed by atoms with Crippen molar-refractivity contribution in [1.29, 1.82) is 5.26 Å². The molecule has 1 aliphatic heterocycles. The maximum atomic E-state index is 12.3. The molecule has 1 amide bonds. The molecule has 0 radical (unpaired) electrons. The molecule has 2 fully saturated rings. The van der Waals surface area contributed by atoms with E-state index in [-0.39, 0.29) is 29.1 Å². The number of carbonyl (C=O) groups excluding carboxylic acids is 1. The molecule has 1 aliphatic carbocycles. The Balaban J connectivity index is 1.30. The molecule has 0 atom stereocenters. The van der Waals surface area contributed by atoms with E-state index in [1.165, 1.54) is 6.33 Å². The van der Waals surface area contributed by atoms with Crippen LogP contribution in [0, 0.1) is 11.3 Å². The van der Waals surface area contributed by atoms with Gasteiger partial charge < -0.3 is 19.5 Å². The monoisotopic (exact) mass is 451 g/mol. The first-order valence-corrected chi connectivity index (χ1v) is 11.1. The van der Waals surface area contributed by atoms with E-state index in [1.54, 1.807) is 12.1 Å². The second kappa shape index (κ2) is 8.63. The first kappa shape index (κ1) is 20.5. The number of hydrogen-bond acceptors (Lipinski definition) is 7. The van der Waals surface area contributed by atoms with Crippen LogP contribution >= 0.6 is 11.6 Å². The fraction of sp³-hybridized carbons (Fsp3) is 0.409. The summed E-state index contributed by atoms with van der Waals surface area (Å²) in [6, 6.07) is 7.48. The SMILES string of the molecule is N#Cc1ccc(Nc2ncnc3c2ccn3C2CCN(C(=O)OC3CCC3)CC2)c(Cl)n1. The van der Waals surface area contributed by atoms with E-state index >= 15 is 0 Å². The van der Waals surface area contributed by atoms with E-state index in [0.717, 1.165) is 43.1 Å². The Kier molecular flexibility index (Phi) is 5.53. The molecule has 10 heteroatoms. The topological polar surface area (TPSA) is 109 Å². The fourth-order valence-corrected chi connectivity index (χ4v) is 4.32. The van der Waals surface area contributed by atoms with Gasteiger partial charge in [-0.25, -0.2) is 19.7 Å². The summed E-state index contributed by atoms with van der Waals surface area (Å²) in [6.45, 7) is 1.33. The Morgan fingerprint density at radius 2 is 2.00 bits per heavy atom. The summed E-state index contributed by atoms with van der Waals surface area (Å²) in [4.78, 5) is 27.0. The number of nitrogens with one attached hydrogen (secondary N) is 1. The summed E-state index contributed by atoms with van der Waals surface area (Å²) in [5, 5.41) is 13.2. The number of fused-ring (bicyclic) bond motifs is 1. The first-order valence-electron chi connectivity index (χ1n) is 10.7. The quantitative estimate of drug-likeness (QED) is 0.584. The number of amides is 1. The molecule has 3 aromatic rings. The van der Waals surface area contributed by atoms with Crippen molar-refractivity contribution >= 4 is 40.2 Å².